The number of benzene rings is 2. The molecule has 3 aromatic rings. The molecule has 2 heterocycles. The van der Waals surface area contributed by atoms with E-state index >= 15 is 0 Å². The van der Waals surface area contributed by atoms with Crippen LogP contribution in [0, 0.1) is 0 Å². The summed E-state index contributed by atoms with van der Waals surface area (Å²) in [6.07, 6.45) is -4.81. The van der Waals surface area contributed by atoms with Gasteiger partial charge < -0.3 is 19.3 Å². The van der Waals surface area contributed by atoms with Crippen molar-refractivity contribution in [3.05, 3.63) is 60.0 Å². The second-order valence-electron chi connectivity index (χ2n) is 7.92. The van der Waals surface area contributed by atoms with Gasteiger partial charge in [-0.1, -0.05) is 17.3 Å². The zero-order chi connectivity index (χ0) is 22.9. The first-order valence-corrected chi connectivity index (χ1v) is 10.1. The van der Waals surface area contributed by atoms with Gasteiger partial charge in [0.25, 0.3) is 0 Å². The van der Waals surface area contributed by atoms with E-state index in [1.165, 1.54) is 24.3 Å². The standard InChI is InChI=1S/C22H23F3N4O3/c1-28(2)16-7-3-14(4-8-16)12-29-13-17(30)11-19(29)21-26-20(27-32-21)15-5-9-18(10-6-15)31-22(23,24)25/h3-10,17,19,30H,11-13H2,1-2H3/t17-,19+/m1/s1. The predicted octanol–water partition coefficient (Wildman–Crippen LogP) is 4.01. The molecule has 1 N–H and O–H groups in total. The summed E-state index contributed by atoms with van der Waals surface area (Å²) in [4.78, 5) is 8.53. The van der Waals surface area contributed by atoms with Gasteiger partial charge in [-0.2, -0.15) is 4.98 Å². The molecular formula is C22H23F3N4O3. The van der Waals surface area contributed by atoms with Gasteiger partial charge in [0.1, 0.15) is 5.75 Å². The van der Waals surface area contributed by atoms with E-state index < -0.39 is 12.5 Å². The van der Waals surface area contributed by atoms with Crippen molar-refractivity contribution < 1.29 is 27.5 Å². The lowest BCUT2D eigenvalue weighted by Gasteiger charge is -2.21. The largest absolute Gasteiger partial charge is 0.573 e. The molecule has 170 valence electrons. The molecule has 1 aliphatic heterocycles. The second kappa shape index (κ2) is 8.79. The summed E-state index contributed by atoms with van der Waals surface area (Å²) in [5, 5.41) is 14.2. The minimum atomic E-state index is -4.75. The van der Waals surface area contributed by atoms with E-state index in [9.17, 15) is 18.3 Å². The number of anilines is 1. The molecule has 0 unspecified atom stereocenters. The number of nitrogens with zero attached hydrogens (tertiary/aromatic N) is 4. The fraction of sp³-hybridized carbons (Fsp3) is 0.364. The average molecular weight is 448 g/mol. The van der Waals surface area contributed by atoms with Crippen LogP contribution in [0.4, 0.5) is 18.9 Å². The lowest BCUT2D eigenvalue weighted by atomic mass is 10.1. The van der Waals surface area contributed by atoms with E-state index in [4.69, 9.17) is 4.52 Å². The molecular weight excluding hydrogens is 425 g/mol. The molecule has 2 atom stereocenters. The first-order chi connectivity index (χ1) is 15.2. The number of aliphatic hydroxyl groups is 1. The number of hydrogen-bond acceptors (Lipinski definition) is 7. The van der Waals surface area contributed by atoms with E-state index in [-0.39, 0.29) is 17.6 Å². The zero-order valence-corrected chi connectivity index (χ0v) is 17.6. The van der Waals surface area contributed by atoms with Crippen molar-refractivity contribution in [1.29, 1.82) is 0 Å². The SMILES string of the molecule is CN(C)c1ccc(CN2C[C@H](O)C[C@H]2c2nc(-c3ccc(OC(F)(F)F)cc3)no2)cc1. The van der Waals surface area contributed by atoms with Crippen LogP contribution < -0.4 is 9.64 Å². The smallest absolute Gasteiger partial charge is 0.406 e. The van der Waals surface area contributed by atoms with Gasteiger partial charge in [0.05, 0.1) is 12.1 Å². The zero-order valence-electron chi connectivity index (χ0n) is 17.6. The number of ether oxygens (including phenoxy) is 1. The molecule has 2 aromatic carbocycles. The maximum atomic E-state index is 12.3. The third-order valence-electron chi connectivity index (χ3n) is 5.29. The van der Waals surface area contributed by atoms with Crippen molar-refractivity contribution in [2.75, 3.05) is 25.5 Å². The van der Waals surface area contributed by atoms with Crippen molar-refractivity contribution in [3.63, 3.8) is 0 Å². The first-order valence-electron chi connectivity index (χ1n) is 10.1. The fourth-order valence-corrected chi connectivity index (χ4v) is 3.74. The maximum Gasteiger partial charge on any atom is 0.573 e. The Morgan fingerprint density at radius 3 is 2.44 bits per heavy atom. The van der Waals surface area contributed by atoms with Gasteiger partial charge in [0, 0.05) is 38.4 Å². The lowest BCUT2D eigenvalue weighted by Crippen LogP contribution is -2.24. The van der Waals surface area contributed by atoms with E-state index in [0.717, 1.165) is 11.3 Å². The number of hydrogen-bond donors (Lipinski definition) is 1. The molecule has 0 bridgehead atoms. The number of aliphatic hydroxyl groups excluding tert-OH is 1. The Labute approximate surface area is 183 Å². The monoisotopic (exact) mass is 448 g/mol. The van der Waals surface area contributed by atoms with Crippen molar-refractivity contribution in [1.82, 2.24) is 15.0 Å². The van der Waals surface area contributed by atoms with Crippen molar-refractivity contribution in [3.8, 4) is 17.1 Å². The Bertz CT molecular complexity index is 1040. The van der Waals surface area contributed by atoms with Crippen LogP contribution in [0.1, 0.15) is 23.9 Å². The summed E-state index contributed by atoms with van der Waals surface area (Å²) in [5.74, 6) is 0.294. The van der Waals surface area contributed by atoms with E-state index in [1.807, 2.05) is 43.3 Å². The third-order valence-corrected chi connectivity index (χ3v) is 5.29. The van der Waals surface area contributed by atoms with Gasteiger partial charge in [-0.15, -0.1) is 13.2 Å². The van der Waals surface area contributed by atoms with Gasteiger partial charge in [-0.3, -0.25) is 4.90 Å². The number of alkyl halides is 3. The van der Waals surface area contributed by atoms with Gasteiger partial charge >= 0.3 is 6.36 Å². The Hall–Kier alpha value is -3.11. The Morgan fingerprint density at radius 2 is 1.81 bits per heavy atom. The summed E-state index contributed by atoms with van der Waals surface area (Å²) in [7, 11) is 3.96. The normalized spacial score (nSPS) is 19.3. The summed E-state index contributed by atoms with van der Waals surface area (Å²) < 4.78 is 46.3. The van der Waals surface area contributed by atoms with Crippen LogP contribution in [0.3, 0.4) is 0 Å². The highest BCUT2D eigenvalue weighted by molar-refractivity contribution is 5.55. The molecule has 10 heteroatoms. The van der Waals surface area contributed by atoms with Crippen LogP contribution in [-0.4, -0.2) is 53.3 Å². The Morgan fingerprint density at radius 1 is 1.12 bits per heavy atom. The predicted molar refractivity (Wildman–Crippen MR) is 111 cm³/mol. The van der Waals surface area contributed by atoms with Crippen molar-refractivity contribution >= 4 is 5.69 Å². The lowest BCUT2D eigenvalue weighted by molar-refractivity contribution is -0.274. The molecule has 0 amide bonds. The van der Waals surface area contributed by atoms with Crippen LogP contribution >= 0.6 is 0 Å². The molecule has 7 nitrogen and oxygen atoms in total. The minimum absolute atomic E-state index is 0.257. The Kier molecular flexibility index (Phi) is 6.07. The number of aromatic nitrogens is 2. The summed E-state index contributed by atoms with van der Waals surface area (Å²) in [5.41, 5.74) is 2.69. The quantitative estimate of drug-likeness (QED) is 0.611. The summed E-state index contributed by atoms with van der Waals surface area (Å²) in [6.45, 7) is 1.08. The fourth-order valence-electron chi connectivity index (χ4n) is 3.74. The average Bonchev–Trinajstić information content (AvgIpc) is 3.34. The highest BCUT2D eigenvalue weighted by Crippen LogP contribution is 2.34. The number of likely N-dealkylation sites (tertiary alicyclic amines) is 1. The maximum absolute atomic E-state index is 12.3. The molecule has 1 aromatic heterocycles. The molecule has 0 spiro atoms. The number of rotatable bonds is 6. The van der Waals surface area contributed by atoms with Crippen molar-refractivity contribution in [2.24, 2.45) is 0 Å². The molecule has 32 heavy (non-hydrogen) atoms. The summed E-state index contributed by atoms with van der Waals surface area (Å²) in [6, 6.07) is 13.2. The van der Waals surface area contributed by atoms with E-state index in [1.54, 1.807) is 0 Å². The summed E-state index contributed by atoms with van der Waals surface area (Å²) >= 11 is 0. The van der Waals surface area contributed by atoms with Gasteiger partial charge in [-0.05, 0) is 48.4 Å². The minimum Gasteiger partial charge on any atom is -0.406 e. The first kappa shape index (κ1) is 22.1. The van der Waals surface area contributed by atoms with Crippen LogP contribution in [0.5, 0.6) is 5.75 Å². The van der Waals surface area contributed by atoms with Crippen molar-refractivity contribution in [2.45, 2.75) is 31.5 Å². The van der Waals surface area contributed by atoms with Crippen LogP contribution in [0.25, 0.3) is 11.4 Å². The number of halogens is 3. The highest BCUT2D eigenvalue weighted by Gasteiger charge is 2.36. The van der Waals surface area contributed by atoms with Crippen LogP contribution in [0.2, 0.25) is 0 Å². The molecule has 0 aliphatic carbocycles. The second-order valence-corrected chi connectivity index (χ2v) is 7.92. The molecule has 0 saturated carbocycles. The van der Waals surface area contributed by atoms with E-state index in [2.05, 4.69) is 19.8 Å². The van der Waals surface area contributed by atoms with Gasteiger partial charge in [0.15, 0.2) is 0 Å². The highest BCUT2D eigenvalue weighted by atomic mass is 19.4. The van der Waals surface area contributed by atoms with Crippen LogP contribution in [-0.2, 0) is 6.54 Å². The molecule has 1 aliphatic rings. The number of β-amino-alcohol motifs (C(OH)–C–C–N with tert-alkyl or cyclic N) is 1. The molecule has 4 rings (SSSR count). The molecule has 1 fully saturated rings. The Balaban J connectivity index is 1.48. The molecule has 0 radical (unpaired) electrons. The van der Waals surface area contributed by atoms with Gasteiger partial charge in [0.2, 0.25) is 11.7 Å². The topological polar surface area (TPSA) is 74.9 Å². The van der Waals surface area contributed by atoms with Gasteiger partial charge in [-0.25, -0.2) is 0 Å². The third kappa shape index (κ3) is 5.20. The van der Waals surface area contributed by atoms with E-state index in [0.29, 0.717) is 31.0 Å². The van der Waals surface area contributed by atoms with Crippen LogP contribution in [0.15, 0.2) is 53.1 Å². The molecule has 1 saturated heterocycles.